The smallest absolute Gasteiger partial charge is 0.274 e. The summed E-state index contributed by atoms with van der Waals surface area (Å²) < 4.78 is 19.4. The lowest BCUT2D eigenvalue weighted by Gasteiger charge is -2.30. The Morgan fingerprint density at radius 2 is 2.17 bits per heavy atom. The van der Waals surface area contributed by atoms with E-state index < -0.39 is 0 Å². The number of carbonyl (C=O) groups excluding carboxylic acids is 1. The van der Waals surface area contributed by atoms with Crippen molar-refractivity contribution in [2.75, 3.05) is 13.1 Å². The standard InChI is InChI=1S/C23H27FN4O2/c1-23(2,3)20-12-19(26-27-20)22(29)28-9-5-7-16(14-28)21-25-13-18(30-21)11-15-6-4-8-17(24)10-15/h4,6,8,10,12-13,16H,5,7,9,11,14H2,1-3H3,(H,26,27)/t16-/m0/s1. The number of nitrogens with zero attached hydrogens (tertiary/aromatic N) is 3. The van der Waals surface area contributed by atoms with Gasteiger partial charge in [0.1, 0.15) is 17.3 Å². The van der Waals surface area contributed by atoms with Gasteiger partial charge in [-0.25, -0.2) is 9.37 Å². The van der Waals surface area contributed by atoms with Gasteiger partial charge in [0, 0.05) is 30.6 Å². The van der Waals surface area contributed by atoms with Crippen LogP contribution in [0.5, 0.6) is 0 Å². The van der Waals surface area contributed by atoms with E-state index >= 15 is 0 Å². The number of hydrogen-bond acceptors (Lipinski definition) is 4. The Labute approximate surface area is 175 Å². The molecular weight excluding hydrogens is 383 g/mol. The highest BCUT2D eigenvalue weighted by molar-refractivity contribution is 5.92. The number of H-pyrrole nitrogens is 1. The van der Waals surface area contributed by atoms with Crippen molar-refractivity contribution in [3.05, 3.63) is 70.9 Å². The van der Waals surface area contributed by atoms with Gasteiger partial charge in [-0.05, 0) is 36.6 Å². The van der Waals surface area contributed by atoms with Crippen LogP contribution < -0.4 is 0 Å². The van der Waals surface area contributed by atoms with E-state index in [9.17, 15) is 9.18 Å². The van der Waals surface area contributed by atoms with Gasteiger partial charge in [-0.2, -0.15) is 5.10 Å². The van der Waals surface area contributed by atoms with Crippen LogP contribution >= 0.6 is 0 Å². The Morgan fingerprint density at radius 1 is 1.33 bits per heavy atom. The van der Waals surface area contributed by atoms with E-state index in [1.807, 2.05) is 17.0 Å². The van der Waals surface area contributed by atoms with Gasteiger partial charge in [0.05, 0.1) is 12.1 Å². The molecule has 1 fully saturated rings. The van der Waals surface area contributed by atoms with E-state index in [0.717, 1.165) is 24.1 Å². The Bertz CT molecular complexity index is 1030. The highest BCUT2D eigenvalue weighted by atomic mass is 19.1. The Morgan fingerprint density at radius 3 is 2.90 bits per heavy atom. The summed E-state index contributed by atoms with van der Waals surface area (Å²) in [7, 11) is 0. The van der Waals surface area contributed by atoms with Crippen LogP contribution in [0.1, 0.15) is 72.9 Å². The number of amides is 1. The lowest BCUT2D eigenvalue weighted by molar-refractivity contribution is 0.0692. The summed E-state index contributed by atoms with van der Waals surface area (Å²) in [5.74, 6) is 1.04. The maximum absolute atomic E-state index is 13.4. The van der Waals surface area contributed by atoms with Crippen LogP contribution in [0.4, 0.5) is 4.39 Å². The van der Waals surface area contributed by atoms with Gasteiger partial charge < -0.3 is 9.32 Å². The fraction of sp³-hybridized carbons (Fsp3) is 0.435. The molecule has 3 heterocycles. The molecule has 7 heteroatoms. The highest BCUT2D eigenvalue weighted by Crippen LogP contribution is 2.28. The Balaban J connectivity index is 1.43. The number of oxazole rings is 1. The first kappa shape index (κ1) is 20.3. The highest BCUT2D eigenvalue weighted by Gasteiger charge is 2.30. The maximum atomic E-state index is 13.4. The van der Waals surface area contributed by atoms with Crippen LogP contribution in [0.3, 0.4) is 0 Å². The van der Waals surface area contributed by atoms with Gasteiger partial charge in [-0.1, -0.05) is 32.9 Å². The number of benzene rings is 1. The van der Waals surface area contributed by atoms with Gasteiger partial charge in [-0.3, -0.25) is 9.89 Å². The normalized spacial score (nSPS) is 17.3. The van der Waals surface area contributed by atoms with Crippen LogP contribution in [0.25, 0.3) is 0 Å². The molecule has 1 aliphatic heterocycles. The van der Waals surface area contributed by atoms with Crippen LogP contribution in [0.2, 0.25) is 0 Å². The molecule has 0 radical (unpaired) electrons. The molecule has 0 spiro atoms. The van der Waals surface area contributed by atoms with E-state index in [0.29, 0.717) is 36.9 Å². The lowest BCUT2D eigenvalue weighted by Crippen LogP contribution is -2.39. The summed E-state index contributed by atoms with van der Waals surface area (Å²) >= 11 is 0. The van der Waals surface area contributed by atoms with Gasteiger partial charge in [0.2, 0.25) is 0 Å². The lowest BCUT2D eigenvalue weighted by atomic mass is 9.92. The number of nitrogens with one attached hydrogen (secondary N) is 1. The predicted molar refractivity (Wildman–Crippen MR) is 111 cm³/mol. The van der Waals surface area contributed by atoms with Gasteiger partial charge >= 0.3 is 0 Å². The predicted octanol–water partition coefficient (Wildman–Crippen LogP) is 4.44. The Hall–Kier alpha value is -2.96. The minimum Gasteiger partial charge on any atom is -0.445 e. The molecule has 2 aromatic heterocycles. The van der Waals surface area contributed by atoms with E-state index in [1.54, 1.807) is 12.3 Å². The molecule has 0 unspecified atom stereocenters. The van der Waals surface area contributed by atoms with E-state index in [2.05, 4.69) is 36.0 Å². The minimum absolute atomic E-state index is 0.0463. The number of aromatic amines is 1. The van der Waals surface area contributed by atoms with Crippen molar-refractivity contribution in [3.63, 3.8) is 0 Å². The summed E-state index contributed by atoms with van der Waals surface area (Å²) in [5.41, 5.74) is 2.13. The van der Waals surface area contributed by atoms with Crippen molar-refractivity contribution >= 4 is 5.91 Å². The second kappa shape index (κ2) is 8.05. The second-order valence-electron chi connectivity index (χ2n) is 8.98. The monoisotopic (exact) mass is 410 g/mol. The van der Waals surface area contributed by atoms with E-state index in [4.69, 9.17) is 4.42 Å². The number of aromatic nitrogens is 3. The molecule has 0 aliphatic carbocycles. The molecule has 1 saturated heterocycles. The van der Waals surface area contributed by atoms with Gasteiger partial charge in [0.25, 0.3) is 5.91 Å². The van der Waals surface area contributed by atoms with Gasteiger partial charge in [-0.15, -0.1) is 0 Å². The number of piperidine rings is 1. The molecule has 1 atom stereocenters. The van der Waals surface area contributed by atoms with Crippen molar-refractivity contribution in [2.24, 2.45) is 0 Å². The first-order valence-electron chi connectivity index (χ1n) is 10.3. The fourth-order valence-corrected chi connectivity index (χ4v) is 3.78. The fourth-order valence-electron chi connectivity index (χ4n) is 3.78. The van der Waals surface area contributed by atoms with Crippen LogP contribution in [-0.2, 0) is 11.8 Å². The summed E-state index contributed by atoms with van der Waals surface area (Å²) in [6.07, 6.45) is 3.99. The third-order valence-corrected chi connectivity index (χ3v) is 5.50. The molecule has 1 amide bonds. The van der Waals surface area contributed by atoms with E-state index in [1.165, 1.54) is 12.1 Å². The molecule has 6 nitrogen and oxygen atoms in total. The zero-order chi connectivity index (χ0) is 21.3. The molecule has 1 aromatic carbocycles. The quantitative estimate of drug-likeness (QED) is 0.690. The molecule has 0 saturated carbocycles. The first-order valence-corrected chi connectivity index (χ1v) is 10.3. The molecule has 0 bridgehead atoms. The average molecular weight is 410 g/mol. The third kappa shape index (κ3) is 4.45. The molecule has 1 aliphatic rings. The van der Waals surface area contributed by atoms with Crippen molar-refractivity contribution in [2.45, 2.75) is 51.4 Å². The molecule has 1 N–H and O–H groups in total. The minimum atomic E-state index is -0.262. The third-order valence-electron chi connectivity index (χ3n) is 5.50. The maximum Gasteiger partial charge on any atom is 0.274 e. The van der Waals surface area contributed by atoms with Crippen molar-refractivity contribution < 1.29 is 13.6 Å². The Kier molecular flexibility index (Phi) is 5.45. The zero-order valence-electron chi connectivity index (χ0n) is 17.6. The number of carbonyl (C=O) groups is 1. The first-order chi connectivity index (χ1) is 14.3. The molecule has 30 heavy (non-hydrogen) atoms. The number of likely N-dealkylation sites (tertiary alicyclic amines) is 1. The van der Waals surface area contributed by atoms with Crippen molar-refractivity contribution in [3.8, 4) is 0 Å². The van der Waals surface area contributed by atoms with Crippen LogP contribution in [0, 0.1) is 5.82 Å². The topological polar surface area (TPSA) is 75.0 Å². The molecule has 4 rings (SSSR count). The number of rotatable bonds is 4. The summed E-state index contributed by atoms with van der Waals surface area (Å²) in [5, 5.41) is 7.21. The average Bonchev–Trinajstić information content (AvgIpc) is 3.37. The molecular formula is C23H27FN4O2. The molecule has 158 valence electrons. The number of hydrogen-bond donors (Lipinski definition) is 1. The van der Waals surface area contributed by atoms with E-state index in [-0.39, 0.29) is 23.1 Å². The molecule has 3 aromatic rings. The summed E-state index contributed by atoms with van der Waals surface area (Å²) in [6, 6.07) is 8.31. The SMILES string of the molecule is CC(C)(C)c1cc(C(=O)N2CCC[C@H](c3ncc(Cc4cccc(F)c4)o3)C2)n[nH]1. The summed E-state index contributed by atoms with van der Waals surface area (Å²) in [6.45, 7) is 7.49. The largest absolute Gasteiger partial charge is 0.445 e. The van der Waals surface area contributed by atoms with Crippen LogP contribution in [-0.4, -0.2) is 39.1 Å². The second-order valence-corrected chi connectivity index (χ2v) is 8.98. The van der Waals surface area contributed by atoms with Crippen molar-refractivity contribution in [1.82, 2.24) is 20.1 Å². The number of halogens is 1. The zero-order valence-corrected chi connectivity index (χ0v) is 17.6. The van der Waals surface area contributed by atoms with Gasteiger partial charge in [0.15, 0.2) is 5.89 Å². The van der Waals surface area contributed by atoms with Crippen molar-refractivity contribution in [1.29, 1.82) is 0 Å². The van der Waals surface area contributed by atoms with Crippen LogP contribution in [0.15, 0.2) is 40.9 Å². The summed E-state index contributed by atoms with van der Waals surface area (Å²) in [4.78, 5) is 19.2.